The molecule has 1 aromatic carbocycles. The number of benzene rings is 1. The molecule has 1 aromatic heterocycles. The van der Waals surface area contributed by atoms with Gasteiger partial charge in [0, 0.05) is 49.1 Å². The van der Waals surface area contributed by atoms with Crippen molar-refractivity contribution in [3.63, 3.8) is 0 Å². The Morgan fingerprint density at radius 1 is 1.31 bits per heavy atom. The highest BCUT2D eigenvalue weighted by atomic mass is 19.1. The number of aliphatic hydroxyl groups is 1. The number of carbonyl (C=O) groups excluding carboxylic acids is 1. The number of ether oxygens (including phenoxy) is 1. The Bertz CT molecular complexity index is 759. The zero-order valence-electron chi connectivity index (χ0n) is 14.7. The fourth-order valence-electron chi connectivity index (χ4n) is 3.06. The lowest BCUT2D eigenvalue weighted by Crippen LogP contribution is -2.38. The quantitative estimate of drug-likeness (QED) is 0.887. The molecule has 1 saturated heterocycles. The Balaban J connectivity index is 1.58. The van der Waals surface area contributed by atoms with Gasteiger partial charge in [0.05, 0.1) is 13.2 Å². The van der Waals surface area contributed by atoms with Gasteiger partial charge in [0.15, 0.2) is 0 Å². The van der Waals surface area contributed by atoms with E-state index in [9.17, 15) is 9.18 Å². The van der Waals surface area contributed by atoms with Gasteiger partial charge in [-0.1, -0.05) is 18.2 Å². The first kappa shape index (κ1) is 18.3. The molecule has 1 amide bonds. The Morgan fingerprint density at radius 2 is 2.00 bits per heavy atom. The number of halogens is 1. The van der Waals surface area contributed by atoms with E-state index >= 15 is 0 Å². The Morgan fingerprint density at radius 3 is 2.62 bits per heavy atom. The maximum Gasteiger partial charge on any atom is 0.316 e. The molecule has 1 aliphatic heterocycles. The number of carbonyl (C=O) groups is 1. The highest BCUT2D eigenvalue weighted by Crippen LogP contribution is 2.25. The maximum atomic E-state index is 14.3. The summed E-state index contributed by atoms with van der Waals surface area (Å²) < 4.78 is 19.9. The molecule has 0 aliphatic carbocycles. The molecule has 1 fully saturated rings. The molecule has 3 rings (SSSR count). The lowest BCUT2D eigenvalue weighted by Gasteiger charge is -2.30. The lowest BCUT2D eigenvalue weighted by atomic mass is 9.98. The Kier molecular flexibility index (Phi) is 5.78. The van der Waals surface area contributed by atoms with Gasteiger partial charge in [-0.05, 0) is 18.8 Å². The van der Waals surface area contributed by atoms with Crippen LogP contribution in [0.2, 0.25) is 0 Å². The maximum absolute atomic E-state index is 14.3. The fourth-order valence-corrected chi connectivity index (χ4v) is 3.06. The van der Waals surface area contributed by atoms with Crippen molar-refractivity contribution in [2.24, 2.45) is 5.92 Å². The average Bonchev–Trinajstić information content (AvgIpc) is 2.67. The van der Waals surface area contributed by atoms with Crippen molar-refractivity contribution < 1.29 is 19.0 Å². The molecular weight excluding hydrogens is 337 g/mol. The first-order chi connectivity index (χ1) is 12.6. The normalized spacial score (nSPS) is 15.1. The van der Waals surface area contributed by atoms with E-state index in [1.807, 2.05) is 4.90 Å². The lowest BCUT2D eigenvalue weighted by molar-refractivity contribution is -0.130. The number of aromatic nitrogens is 2. The fraction of sp³-hybridized carbons (Fsp3) is 0.421. The van der Waals surface area contributed by atoms with Crippen LogP contribution >= 0.6 is 0 Å². The number of likely N-dealkylation sites (tertiary alicyclic amines) is 1. The zero-order valence-corrected chi connectivity index (χ0v) is 14.7. The van der Waals surface area contributed by atoms with Crippen molar-refractivity contribution in [1.29, 1.82) is 0 Å². The van der Waals surface area contributed by atoms with E-state index in [1.54, 1.807) is 19.1 Å². The third kappa shape index (κ3) is 4.16. The number of aliphatic hydroxyl groups excluding tert-OH is 1. The van der Waals surface area contributed by atoms with E-state index in [1.165, 1.54) is 18.5 Å². The minimum Gasteiger partial charge on any atom is -0.463 e. The molecule has 1 aliphatic rings. The Hall–Kier alpha value is -2.54. The van der Waals surface area contributed by atoms with Crippen LogP contribution in [0.1, 0.15) is 25.3 Å². The molecular formula is C19H22FN3O3. The van der Waals surface area contributed by atoms with Gasteiger partial charge in [-0.15, -0.1) is 0 Å². The van der Waals surface area contributed by atoms with Crippen LogP contribution in [0.25, 0.3) is 11.1 Å². The van der Waals surface area contributed by atoms with Crippen LogP contribution in [0.3, 0.4) is 0 Å². The van der Waals surface area contributed by atoms with Crippen molar-refractivity contribution in [2.45, 2.75) is 26.4 Å². The molecule has 26 heavy (non-hydrogen) atoms. The second-order valence-corrected chi connectivity index (χ2v) is 6.45. The van der Waals surface area contributed by atoms with E-state index in [4.69, 9.17) is 9.84 Å². The largest absolute Gasteiger partial charge is 0.463 e. The molecule has 2 heterocycles. The second-order valence-electron chi connectivity index (χ2n) is 6.45. The summed E-state index contributed by atoms with van der Waals surface area (Å²) >= 11 is 0. The van der Waals surface area contributed by atoms with Crippen molar-refractivity contribution in [3.05, 3.63) is 42.0 Å². The predicted octanol–water partition coefficient (Wildman–Crippen LogP) is 2.41. The molecule has 1 N–H and O–H groups in total. The van der Waals surface area contributed by atoms with E-state index in [-0.39, 0.29) is 24.1 Å². The summed E-state index contributed by atoms with van der Waals surface area (Å²) in [6.07, 6.45) is 4.83. The summed E-state index contributed by atoms with van der Waals surface area (Å²) in [6.45, 7) is 3.24. The number of rotatable bonds is 5. The monoisotopic (exact) mass is 359 g/mol. The second kappa shape index (κ2) is 8.23. The van der Waals surface area contributed by atoms with Crippen molar-refractivity contribution in [3.8, 4) is 17.1 Å². The molecule has 0 spiro atoms. The third-order valence-electron chi connectivity index (χ3n) is 4.70. The third-order valence-corrected chi connectivity index (χ3v) is 4.70. The van der Waals surface area contributed by atoms with Gasteiger partial charge in [-0.3, -0.25) is 4.79 Å². The Labute approximate surface area is 151 Å². The highest BCUT2D eigenvalue weighted by molar-refractivity contribution is 5.73. The summed E-state index contributed by atoms with van der Waals surface area (Å²) in [5.74, 6) is 0.0119. The minimum absolute atomic E-state index is 0.112. The van der Waals surface area contributed by atoms with Crippen LogP contribution in [0.15, 0.2) is 30.6 Å². The molecule has 138 valence electrons. The van der Waals surface area contributed by atoms with Crippen LogP contribution in [0.5, 0.6) is 6.01 Å². The number of hydrogen-bond donors (Lipinski definition) is 1. The van der Waals surface area contributed by atoms with Gasteiger partial charge in [0.2, 0.25) is 5.91 Å². The topological polar surface area (TPSA) is 75.6 Å². The number of amides is 1. The smallest absolute Gasteiger partial charge is 0.316 e. The summed E-state index contributed by atoms with van der Waals surface area (Å²) in [7, 11) is 0. The van der Waals surface area contributed by atoms with Gasteiger partial charge >= 0.3 is 6.01 Å². The summed E-state index contributed by atoms with van der Waals surface area (Å²) in [5, 5.41) is 9.16. The van der Waals surface area contributed by atoms with E-state index in [2.05, 4.69) is 9.97 Å². The van der Waals surface area contributed by atoms with Crippen LogP contribution in [0.4, 0.5) is 4.39 Å². The number of piperidine rings is 1. The number of hydrogen-bond acceptors (Lipinski definition) is 5. The van der Waals surface area contributed by atoms with Gasteiger partial charge in [0.25, 0.3) is 0 Å². The van der Waals surface area contributed by atoms with Crippen LogP contribution in [-0.4, -0.2) is 45.6 Å². The summed E-state index contributed by atoms with van der Waals surface area (Å²) in [4.78, 5) is 21.5. The van der Waals surface area contributed by atoms with E-state index < -0.39 is 5.82 Å². The van der Waals surface area contributed by atoms with E-state index in [0.29, 0.717) is 23.7 Å². The summed E-state index contributed by atoms with van der Waals surface area (Å²) in [6, 6.07) is 5.09. The van der Waals surface area contributed by atoms with Crippen LogP contribution in [0, 0.1) is 11.7 Å². The molecule has 0 bridgehead atoms. The van der Waals surface area contributed by atoms with Crippen molar-refractivity contribution in [1.82, 2.24) is 14.9 Å². The van der Waals surface area contributed by atoms with Gasteiger partial charge in [-0.25, -0.2) is 14.4 Å². The van der Waals surface area contributed by atoms with Crippen molar-refractivity contribution in [2.75, 3.05) is 19.7 Å². The average molecular weight is 359 g/mol. The molecule has 2 aromatic rings. The molecule has 0 atom stereocenters. The van der Waals surface area contributed by atoms with E-state index in [0.717, 1.165) is 25.9 Å². The summed E-state index contributed by atoms with van der Waals surface area (Å²) in [5.41, 5.74) is 1.11. The van der Waals surface area contributed by atoms with Gasteiger partial charge in [0.1, 0.15) is 5.82 Å². The van der Waals surface area contributed by atoms with Crippen molar-refractivity contribution >= 4 is 5.91 Å². The minimum atomic E-state index is -0.468. The van der Waals surface area contributed by atoms with Gasteiger partial charge < -0.3 is 14.7 Å². The molecule has 6 nitrogen and oxygen atoms in total. The van der Waals surface area contributed by atoms with Gasteiger partial charge in [-0.2, -0.15) is 0 Å². The zero-order chi connectivity index (χ0) is 18.5. The molecule has 0 radical (unpaired) electrons. The first-order valence-corrected chi connectivity index (χ1v) is 8.67. The van der Waals surface area contributed by atoms with Crippen LogP contribution in [-0.2, 0) is 11.4 Å². The SMILES string of the molecule is CC(=O)N1CCC(COc2ncc(-c3cccc(CO)c3F)cn2)CC1. The molecule has 7 heteroatoms. The highest BCUT2D eigenvalue weighted by Gasteiger charge is 2.21. The standard InChI is InChI=1S/C19H22FN3O3/c1-13(25)23-7-5-14(6-8-23)12-26-19-21-9-16(10-22-19)17-4-2-3-15(11-24)18(17)20/h2-4,9-10,14,24H,5-8,11-12H2,1H3. The predicted molar refractivity (Wildman–Crippen MR) is 93.8 cm³/mol. The molecule has 0 saturated carbocycles. The molecule has 0 unspecified atom stereocenters. The number of nitrogens with zero attached hydrogens (tertiary/aromatic N) is 3. The first-order valence-electron chi connectivity index (χ1n) is 8.67. The van der Waals surface area contributed by atoms with Crippen LogP contribution < -0.4 is 4.74 Å².